The highest BCUT2D eigenvalue weighted by Gasteiger charge is 2.14. The van der Waals surface area contributed by atoms with Gasteiger partial charge in [-0.3, -0.25) is 14.4 Å². The van der Waals surface area contributed by atoms with Crippen molar-refractivity contribution >= 4 is 29.1 Å². The van der Waals surface area contributed by atoms with Crippen LogP contribution in [0.4, 0.5) is 11.4 Å². The maximum atomic E-state index is 12.2. The number of nitrogens with one attached hydrogen (secondary N) is 2. The van der Waals surface area contributed by atoms with Crippen molar-refractivity contribution in [2.75, 3.05) is 30.8 Å². The Bertz CT molecular complexity index is 803. The molecule has 2 aromatic carbocycles. The first-order valence-electron chi connectivity index (χ1n) is 8.10. The SMILES string of the molecule is Cc1ccc(NC(=O)CN(C)C(=O)CNc2ccccc2C(N)=O)cc1. The fourth-order valence-electron chi connectivity index (χ4n) is 2.30. The molecule has 136 valence electrons. The summed E-state index contributed by atoms with van der Waals surface area (Å²) in [6, 6.07) is 14.1. The van der Waals surface area contributed by atoms with Crippen molar-refractivity contribution < 1.29 is 14.4 Å². The molecule has 0 heterocycles. The summed E-state index contributed by atoms with van der Waals surface area (Å²) in [5, 5.41) is 5.62. The first-order chi connectivity index (χ1) is 12.4. The van der Waals surface area contributed by atoms with Gasteiger partial charge in [-0.15, -0.1) is 0 Å². The van der Waals surface area contributed by atoms with E-state index in [2.05, 4.69) is 10.6 Å². The van der Waals surface area contributed by atoms with Crippen LogP contribution in [-0.4, -0.2) is 42.8 Å². The highest BCUT2D eigenvalue weighted by atomic mass is 16.2. The number of nitrogens with two attached hydrogens (primary N) is 1. The van der Waals surface area contributed by atoms with E-state index < -0.39 is 5.91 Å². The van der Waals surface area contributed by atoms with Crippen molar-refractivity contribution in [3.8, 4) is 0 Å². The van der Waals surface area contributed by atoms with Crippen molar-refractivity contribution in [2.45, 2.75) is 6.92 Å². The number of aryl methyl sites for hydroxylation is 1. The number of carbonyl (C=O) groups excluding carboxylic acids is 3. The lowest BCUT2D eigenvalue weighted by molar-refractivity contribution is -0.131. The van der Waals surface area contributed by atoms with Crippen LogP contribution in [0.3, 0.4) is 0 Å². The predicted octanol–water partition coefficient (Wildman–Crippen LogP) is 1.60. The number of hydrogen-bond donors (Lipinski definition) is 3. The highest BCUT2D eigenvalue weighted by molar-refractivity contribution is 5.99. The predicted molar refractivity (Wildman–Crippen MR) is 101 cm³/mol. The minimum absolute atomic E-state index is 0.0569. The lowest BCUT2D eigenvalue weighted by atomic mass is 10.1. The van der Waals surface area contributed by atoms with E-state index in [9.17, 15) is 14.4 Å². The van der Waals surface area contributed by atoms with Crippen LogP contribution < -0.4 is 16.4 Å². The van der Waals surface area contributed by atoms with Crippen LogP contribution in [0.25, 0.3) is 0 Å². The van der Waals surface area contributed by atoms with E-state index in [0.29, 0.717) is 16.9 Å². The fraction of sp³-hybridized carbons (Fsp3) is 0.211. The molecule has 0 aromatic heterocycles. The van der Waals surface area contributed by atoms with E-state index in [0.717, 1.165) is 5.56 Å². The van der Waals surface area contributed by atoms with E-state index >= 15 is 0 Å². The summed E-state index contributed by atoms with van der Waals surface area (Å²) in [5.74, 6) is -1.16. The van der Waals surface area contributed by atoms with Gasteiger partial charge in [0.15, 0.2) is 0 Å². The molecule has 2 aromatic rings. The molecule has 0 saturated carbocycles. The fourth-order valence-corrected chi connectivity index (χ4v) is 2.30. The molecule has 0 radical (unpaired) electrons. The Morgan fingerprint density at radius 1 is 1.04 bits per heavy atom. The maximum absolute atomic E-state index is 12.2. The number of para-hydroxylation sites is 1. The second kappa shape index (κ2) is 8.66. The monoisotopic (exact) mass is 354 g/mol. The van der Waals surface area contributed by atoms with Crippen molar-refractivity contribution in [3.05, 3.63) is 59.7 Å². The first kappa shape index (κ1) is 19.0. The average molecular weight is 354 g/mol. The molecule has 0 aliphatic heterocycles. The average Bonchev–Trinajstić information content (AvgIpc) is 2.61. The summed E-state index contributed by atoms with van der Waals surface area (Å²) in [4.78, 5) is 36.9. The number of amides is 3. The van der Waals surface area contributed by atoms with Crippen molar-refractivity contribution in [1.82, 2.24) is 4.90 Å². The van der Waals surface area contributed by atoms with Crippen LogP contribution in [0.15, 0.2) is 48.5 Å². The molecule has 26 heavy (non-hydrogen) atoms. The zero-order valence-electron chi connectivity index (χ0n) is 14.8. The van der Waals surface area contributed by atoms with Gasteiger partial charge in [-0.1, -0.05) is 29.8 Å². The number of carbonyl (C=O) groups is 3. The Hall–Kier alpha value is -3.35. The Morgan fingerprint density at radius 3 is 2.35 bits per heavy atom. The van der Waals surface area contributed by atoms with Gasteiger partial charge in [0, 0.05) is 18.4 Å². The summed E-state index contributed by atoms with van der Waals surface area (Å²) < 4.78 is 0. The van der Waals surface area contributed by atoms with Gasteiger partial charge in [0.1, 0.15) is 0 Å². The Balaban J connectivity index is 1.86. The standard InChI is InChI=1S/C19H22N4O3/c1-13-7-9-14(10-8-13)22-17(24)12-23(2)18(25)11-21-16-6-4-3-5-15(16)19(20)26/h3-10,21H,11-12H2,1-2H3,(H2,20,26)(H,22,24). The van der Waals surface area contributed by atoms with Gasteiger partial charge < -0.3 is 21.3 Å². The molecule has 3 amide bonds. The molecule has 7 nitrogen and oxygen atoms in total. The molecule has 0 aliphatic rings. The summed E-state index contributed by atoms with van der Waals surface area (Å²) in [5.41, 5.74) is 7.86. The zero-order valence-corrected chi connectivity index (χ0v) is 14.8. The van der Waals surface area contributed by atoms with Crippen LogP contribution in [0, 0.1) is 6.92 Å². The molecule has 0 unspecified atom stereocenters. The van der Waals surface area contributed by atoms with Crippen molar-refractivity contribution in [3.63, 3.8) is 0 Å². The second-order valence-corrected chi connectivity index (χ2v) is 5.93. The number of benzene rings is 2. The molecular weight excluding hydrogens is 332 g/mol. The third kappa shape index (κ3) is 5.34. The lowest BCUT2D eigenvalue weighted by Crippen LogP contribution is -2.38. The van der Waals surface area contributed by atoms with E-state index in [-0.39, 0.29) is 24.9 Å². The molecule has 7 heteroatoms. The van der Waals surface area contributed by atoms with E-state index in [1.807, 2.05) is 19.1 Å². The van der Waals surface area contributed by atoms with Gasteiger partial charge in [0.05, 0.1) is 18.7 Å². The van der Waals surface area contributed by atoms with Crippen molar-refractivity contribution in [1.29, 1.82) is 0 Å². The van der Waals surface area contributed by atoms with Crippen LogP contribution in [0.2, 0.25) is 0 Å². The van der Waals surface area contributed by atoms with Gasteiger partial charge in [0.25, 0.3) is 5.91 Å². The third-order valence-corrected chi connectivity index (χ3v) is 3.76. The molecule has 0 bridgehead atoms. The summed E-state index contributed by atoms with van der Waals surface area (Å²) >= 11 is 0. The maximum Gasteiger partial charge on any atom is 0.250 e. The number of hydrogen-bond acceptors (Lipinski definition) is 4. The molecule has 4 N–H and O–H groups in total. The summed E-state index contributed by atoms with van der Waals surface area (Å²) in [6.07, 6.45) is 0. The largest absolute Gasteiger partial charge is 0.376 e. The van der Waals surface area contributed by atoms with Crippen LogP contribution in [0.5, 0.6) is 0 Å². The van der Waals surface area contributed by atoms with Gasteiger partial charge in [0.2, 0.25) is 11.8 Å². The molecular formula is C19H22N4O3. The Labute approximate surface area is 152 Å². The van der Waals surface area contributed by atoms with E-state index in [1.165, 1.54) is 4.90 Å². The molecule has 0 fully saturated rings. The van der Waals surface area contributed by atoms with Crippen LogP contribution in [0.1, 0.15) is 15.9 Å². The quantitative estimate of drug-likeness (QED) is 0.702. The third-order valence-electron chi connectivity index (χ3n) is 3.76. The van der Waals surface area contributed by atoms with Crippen LogP contribution >= 0.6 is 0 Å². The molecule has 2 rings (SSSR count). The topological polar surface area (TPSA) is 105 Å². The van der Waals surface area contributed by atoms with Gasteiger partial charge >= 0.3 is 0 Å². The minimum Gasteiger partial charge on any atom is -0.376 e. The zero-order chi connectivity index (χ0) is 19.1. The lowest BCUT2D eigenvalue weighted by Gasteiger charge is -2.18. The summed E-state index contributed by atoms with van der Waals surface area (Å²) in [6.45, 7) is 1.83. The minimum atomic E-state index is -0.577. The normalized spacial score (nSPS) is 10.1. The van der Waals surface area contributed by atoms with Gasteiger partial charge in [-0.25, -0.2) is 0 Å². The van der Waals surface area contributed by atoms with Gasteiger partial charge in [-0.05, 0) is 31.2 Å². The van der Waals surface area contributed by atoms with E-state index in [4.69, 9.17) is 5.73 Å². The van der Waals surface area contributed by atoms with E-state index in [1.54, 1.807) is 43.4 Å². The van der Waals surface area contributed by atoms with Crippen LogP contribution in [-0.2, 0) is 9.59 Å². The number of rotatable bonds is 7. The summed E-state index contributed by atoms with van der Waals surface area (Å²) in [7, 11) is 1.54. The number of anilines is 2. The number of primary amides is 1. The second-order valence-electron chi connectivity index (χ2n) is 5.93. The first-order valence-corrected chi connectivity index (χ1v) is 8.10. The smallest absolute Gasteiger partial charge is 0.250 e. The molecule has 0 saturated heterocycles. The molecule has 0 aliphatic carbocycles. The highest BCUT2D eigenvalue weighted by Crippen LogP contribution is 2.14. The molecule has 0 spiro atoms. The van der Waals surface area contributed by atoms with Crippen molar-refractivity contribution in [2.24, 2.45) is 5.73 Å². The van der Waals surface area contributed by atoms with Gasteiger partial charge in [-0.2, -0.15) is 0 Å². The molecule has 0 atom stereocenters. The Kier molecular flexibility index (Phi) is 6.32. The number of likely N-dealkylation sites (N-methyl/N-ethyl adjacent to an activating group) is 1. The number of nitrogens with zero attached hydrogens (tertiary/aromatic N) is 1. The Morgan fingerprint density at radius 2 is 1.69 bits per heavy atom.